The monoisotopic (exact) mass is 141 g/mol. The number of thiazole rings is 1. The lowest BCUT2D eigenvalue weighted by molar-refractivity contribution is 0.187. The Labute approximate surface area is 59.3 Å². The molecule has 1 rings (SSSR count). The highest BCUT2D eigenvalue weighted by molar-refractivity contribution is 7.19. The van der Waals surface area contributed by atoms with Gasteiger partial charge in [0.05, 0.1) is 6.61 Å². The first kappa shape index (κ1) is 6.77. The minimum Gasteiger partial charge on any atom is -0.379 e. The maximum absolute atomic E-state index is 4.91. The van der Waals surface area contributed by atoms with Gasteiger partial charge in [-0.25, -0.2) is 0 Å². The summed E-state index contributed by atoms with van der Waals surface area (Å²) in [5.41, 5.74) is 0. The molecule has 0 aliphatic rings. The Morgan fingerprint density at radius 2 is 2.67 bits per heavy atom. The van der Waals surface area contributed by atoms with Crippen LogP contribution in [-0.4, -0.2) is 19.9 Å². The molecule has 0 N–H and O–H groups in total. The summed E-state index contributed by atoms with van der Waals surface area (Å²) in [7, 11) is 3.68. The molecule has 1 heterocycles. The summed E-state index contributed by atoms with van der Waals surface area (Å²) in [5.74, 6) is 0. The van der Waals surface area contributed by atoms with Gasteiger partial charge in [0.25, 0.3) is 0 Å². The van der Waals surface area contributed by atoms with Gasteiger partial charge in [0.2, 0.25) is 0 Å². The van der Waals surface area contributed by atoms with Crippen molar-refractivity contribution in [2.45, 2.75) is 6.61 Å². The molecule has 2 nitrogen and oxygen atoms in total. The van der Waals surface area contributed by atoms with E-state index in [-0.39, 0.29) is 0 Å². The van der Waals surface area contributed by atoms with Gasteiger partial charge in [0, 0.05) is 23.1 Å². The zero-order valence-corrected chi connectivity index (χ0v) is 6.36. The molecule has 9 heavy (non-hydrogen) atoms. The van der Waals surface area contributed by atoms with E-state index in [4.69, 9.17) is 4.74 Å². The number of rotatable bonds is 2. The zero-order valence-electron chi connectivity index (χ0n) is 5.55. The predicted octanol–water partition coefficient (Wildman–Crippen LogP) is -0.452. The summed E-state index contributed by atoms with van der Waals surface area (Å²) >= 11 is 1.68. The maximum Gasteiger partial charge on any atom is 0.177 e. The van der Waals surface area contributed by atoms with Crippen molar-refractivity contribution in [2.24, 2.45) is 0 Å². The number of nitrogens with zero attached hydrogens (tertiary/aromatic N) is 1. The van der Waals surface area contributed by atoms with Crippen molar-refractivity contribution in [2.75, 3.05) is 7.11 Å². The Morgan fingerprint density at radius 3 is 3.11 bits per heavy atom. The highest BCUT2D eigenvalue weighted by Gasteiger charge is 1.94. The van der Waals surface area contributed by atoms with Crippen LogP contribution in [0, 0.1) is 0 Å². The van der Waals surface area contributed by atoms with Crippen LogP contribution in [0.5, 0.6) is 0 Å². The largest absolute Gasteiger partial charge is 0.379 e. The number of methoxy groups -OCH3 is 1. The molecule has 0 bridgehead atoms. The maximum atomic E-state index is 4.91. The van der Waals surface area contributed by atoms with Crippen molar-refractivity contribution in [3.8, 4) is 0 Å². The Morgan fingerprint density at radius 1 is 1.89 bits per heavy atom. The van der Waals surface area contributed by atoms with Crippen molar-refractivity contribution in [1.82, 2.24) is 4.98 Å². The number of aromatic nitrogens is 1. The minimum absolute atomic E-state index is 0.686. The van der Waals surface area contributed by atoms with E-state index in [0.29, 0.717) is 6.61 Å². The molecular formula is C5H8BNOS. The fourth-order valence-corrected chi connectivity index (χ4v) is 1.38. The number of ether oxygens (including phenoxy) is 1. The van der Waals surface area contributed by atoms with Gasteiger partial charge >= 0.3 is 0 Å². The fourth-order valence-electron chi connectivity index (χ4n) is 0.614. The van der Waals surface area contributed by atoms with Crippen LogP contribution in [0.4, 0.5) is 0 Å². The average molecular weight is 141 g/mol. The zero-order chi connectivity index (χ0) is 6.69. The van der Waals surface area contributed by atoms with Crippen molar-refractivity contribution in [1.29, 1.82) is 0 Å². The van der Waals surface area contributed by atoms with Gasteiger partial charge in [-0.1, -0.05) is 0 Å². The van der Waals surface area contributed by atoms with E-state index >= 15 is 0 Å². The van der Waals surface area contributed by atoms with Crippen molar-refractivity contribution < 1.29 is 4.74 Å². The third-order valence-electron chi connectivity index (χ3n) is 0.956. The lowest BCUT2D eigenvalue weighted by atomic mass is 10.2. The second-order valence-electron chi connectivity index (χ2n) is 1.78. The molecule has 0 unspecified atom stereocenters. The number of hydrogen-bond donors (Lipinski definition) is 0. The molecule has 1 aromatic rings. The average Bonchev–Trinajstić information content (AvgIpc) is 2.17. The summed E-state index contributed by atoms with van der Waals surface area (Å²) in [6.07, 6.45) is 1.85. The van der Waals surface area contributed by atoms with E-state index < -0.39 is 0 Å². The van der Waals surface area contributed by atoms with Crippen molar-refractivity contribution in [3.05, 3.63) is 11.1 Å². The van der Waals surface area contributed by atoms with E-state index in [1.807, 2.05) is 14.0 Å². The van der Waals surface area contributed by atoms with E-state index in [0.717, 1.165) is 4.91 Å². The first-order valence-corrected chi connectivity index (χ1v) is 3.55. The molecule has 0 amide bonds. The standard InChI is InChI=1S/C5H8BNOS/c1-8-3-4-2-7-5(6)9-4/h2H,3,6H2,1H3. The van der Waals surface area contributed by atoms with Crippen LogP contribution in [0.25, 0.3) is 0 Å². The van der Waals surface area contributed by atoms with Crippen LogP contribution >= 0.6 is 11.3 Å². The molecule has 4 heteroatoms. The molecule has 0 radical (unpaired) electrons. The molecule has 0 atom stereocenters. The molecule has 0 aliphatic heterocycles. The van der Waals surface area contributed by atoms with Crippen LogP contribution in [0.3, 0.4) is 0 Å². The number of hydrogen-bond acceptors (Lipinski definition) is 3. The Hall–Kier alpha value is -0.345. The van der Waals surface area contributed by atoms with Crippen LogP contribution in [0.2, 0.25) is 0 Å². The van der Waals surface area contributed by atoms with Gasteiger partial charge in [-0.15, -0.1) is 11.3 Å². The summed E-state index contributed by atoms with van der Waals surface area (Å²) in [5, 5.41) is 0. The van der Waals surface area contributed by atoms with Crippen LogP contribution < -0.4 is 4.91 Å². The Balaban J connectivity index is 2.61. The first-order valence-electron chi connectivity index (χ1n) is 2.73. The van der Waals surface area contributed by atoms with E-state index in [2.05, 4.69) is 4.98 Å². The van der Waals surface area contributed by atoms with Gasteiger partial charge in [-0.05, 0) is 0 Å². The highest BCUT2D eigenvalue weighted by atomic mass is 32.1. The van der Waals surface area contributed by atoms with E-state index in [1.54, 1.807) is 18.4 Å². The normalized spacial score (nSPS) is 9.89. The molecule has 0 spiro atoms. The third kappa shape index (κ3) is 1.80. The molecule has 48 valence electrons. The van der Waals surface area contributed by atoms with Crippen molar-refractivity contribution >= 4 is 24.1 Å². The third-order valence-corrected chi connectivity index (χ3v) is 1.84. The second kappa shape index (κ2) is 2.99. The smallest absolute Gasteiger partial charge is 0.177 e. The molecule has 1 aromatic heterocycles. The summed E-state index contributed by atoms with van der Waals surface area (Å²) in [6, 6.07) is 0. The van der Waals surface area contributed by atoms with Gasteiger partial charge in [0.15, 0.2) is 7.85 Å². The summed E-state index contributed by atoms with van der Waals surface area (Å²) in [4.78, 5) is 6.36. The van der Waals surface area contributed by atoms with Crippen LogP contribution in [-0.2, 0) is 11.3 Å². The lowest BCUT2D eigenvalue weighted by Crippen LogP contribution is -1.95. The molecule has 0 saturated heterocycles. The van der Waals surface area contributed by atoms with Gasteiger partial charge in [-0.2, -0.15) is 0 Å². The second-order valence-corrected chi connectivity index (χ2v) is 3.10. The SMILES string of the molecule is Bc1ncc(COC)s1. The summed E-state index contributed by atoms with van der Waals surface area (Å²) < 4.78 is 4.91. The molecule has 0 aliphatic carbocycles. The van der Waals surface area contributed by atoms with E-state index in [9.17, 15) is 0 Å². The highest BCUT2D eigenvalue weighted by Crippen LogP contribution is 2.02. The minimum atomic E-state index is 0.686. The van der Waals surface area contributed by atoms with E-state index in [1.165, 1.54) is 4.88 Å². The Bertz CT molecular complexity index is 189. The summed E-state index contributed by atoms with van der Waals surface area (Å²) in [6.45, 7) is 0.686. The molecular weight excluding hydrogens is 133 g/mol. The quantitative estimate of drug-likeness (QED) is 0.520. The topological polar surface area (TPSA) is 22.1 Å². The van der Waals surface area contributed by atoms with Crippen molar-refractivity contribution in [3.63, 3.8) is 0 Å². The fraction of sp³-hybridized carbons (Fsp3) is 0.400. The van der Waals surface area contributed by atoms with Gasteiger partial charge in [-0.3, -0.25) is 4.98 Å². The lowest BCUT2D eigenvalue weighted by Gasteiger charge is -1.88. The molecule has 0 fully saturated rings. The van der Waals surface area contributed by atoms with Gasteiger partial charge in [0.1, 0.15) is 0 Å². The Kier molecular flexibility index (Phi) is 2.25. The van der Waals surface area contributed by atoms with Crippen LogP contribution in [0.1, 0.15) is 4.88 Å². The molecule has 0 aromatic carbocycles. The first-order chi connectivity index (χ1) is 4.33. The van der Waals surface area contributed by atoms with Crippen LogP contribution in [0.15, 0.2) is 6.20 Å². The van der Waals surface area contributed by atoms with Gasteiger partial charge < -0.3 is 4.74 Å². The molecule has 0 saturated carbocycles. The predicted molar refractivity (Wildman–Crippen MR) is 41.0 cm³/mol.